The molecule has 3 aromatic rings. The molecule has 8 nitrogen and oxygen atoms in total. The van der Waals surface area contributed by atoms with Crippen molar-refractivity contribution in [2.75, 3.05) is 6.54 Å². The zero-order chi connectivity index (χ0) is 25.5. The van der Waals surface area contributed by atoms with E-state index in [0.29, 0.717) is 12.1 Å². The van der Waals surface area contributed by atoms with Gasteiger partial charge in [0.1, 0.15) is 17.5 Å². The van der Waals surface area contributed by atoms with Crippen LogP contribution in [0.2, 0.25) is 0 Å². The maximum atomic E-state index is 13.3. The second kappa shape index (κ2) is 7.61. The van der Waals surface area contributed by atoms with E-state index >= 15 is 0 Å². The van der Waals surface area contributed by atoms with Crippen LogP contribution in [0.25, 0.3) is 16.7 Å². The molecular weight excluding hydrogens is 482 g/mol. The number of rotatable bonds is 4. The van der Waals surface area contributed by atoms with Gasteiger partial charge in [-0.3, -0.25) is 14.2 Å². The molecule has 1 aliphatic heterocycles. The van der Waals surface area contributed by atoms with Gasteiger partial charge in [0.15, 0.2) is 5.65 Å². The van der Waals surface area contributed by atoms with Crippen LogP contribution in [0, 0.1) is 16.6 Å². The molecule has 4 aliphatic rings. The molecule has 2 unspecified atom stereocenters. The van der Waals surface area contributed by atoms with Crippen LogP contribution in [-0.2, 0) is 11.3 Å². The van der Waals surface area contributed by atoms with Crippen molar-refractivity contribution in [1.82, 2.24) is 24.2 Å². The lowest BCUT2D eigenvalue weighted by molar-refractivity contribution is -0.353. The van der Waals surface area contributed by atoms with Gasteiger partial charge in [-0.05, 0) is 56.4 Å². The molecule has 3 aliphatic carbocycles. The number of halogens is 4. The molecule has 1 aromatic carbocycles. The molecule has 12 heteroatoms. The van der Waals surface area contributed by atoms with E-state index in [1.165, 1.54) is 46.0 Å². The fourth-order valence-electron chi connectivity index (χ4n) is 6.17. The smallest absolute Gasteiger partial charge is 0.393 e. The van der Waals surface area contributed by atoms with Gasteiger partial charge < -0.3 is 10.0 Å². The van der Waals surface area contributed by atoms with Crippen molar-refractivity contribution in [2.45, 2.75) is 57.0 Å². The summed E-state index contributed by atoms with van der Waals surface area (Å²) >= 11 is 0. The molecule has 36 heavy (non-hydrogen) atoms. The quantitative estimate of drug-likeness (QED) is 0.551. The van der Waals surface area contributed by atoms with Gasteiger partial charge in [0, 0.05) is 13.1 Å². The van der Waals surface area contributed by atoms with Gasteiger partial charge in [0.25, 0.3) is 5.56 Å². The number of hydrogen-bond donors (Lipinski definition) is 1. The average Bonchev–Trinajstić information content (AvgIpc) is 3.18. The van der Waals surface area contributed by atoms with E-state index in [1.807, 2.05) is 0 Å². The van der Waals surface area contributed by atoms with Crippen molar-refractivity contribution < 1.29 is 27.5 Å². The molecule has 2 atom stereocenters. The molecule has 4 fully saturated rings. The minimum absolute atomic E-state index is 0.0484. The Morgan fingerprint density at radius 2 is 1.86 bits per heavy atom. The highest BCUT2D eigenvalue weighted by Gasteiger charge is 2.81. The predicted molar refractivity (Wildman–Crippen MR) is 119 cm³/mol. The molecule has 2 bridgehead atoms. The SMILES string of the molecule is O=C(N1CCC(O)CC1Cn1cnc2c(cnn2-c2ccc(F)cc2)c1=O)C12CC(C(F)(F)F)(C1)C2. The van der Waals surface area contributed by atoms with Crippen molar-refractivity contribution in [2.24, 2.45) is 10.8 Å². The standard InChI is InChI=1S/C24H23F4N5O3/c25-14-1-3-15(4-2-14)33-19-18(8-30-33)20(35)31(13-29-19)9-16-7-17(34)5-6-32(16)21(36)22-10-23(11-22,12-22)24(26,27)28/h1-4,8,13,16-17,34H,5-7,9-12H2. The Bertz CT molecular complexity index is 1390. The first-order valence-electron chi connectivity index (χ1n) is 11.8. The summed E-state index contributed by atoms with van der Waals surface area (Å²) in [5.41, 5.74) is -2.31. The second-order valence-corrected chi connectivity index (χ2v) is 10.4. The number of aliphatic hydroxyl groups is 1. The van der Waals surface area contributed by atoms with E-state index < -0.39 is 40.5 Å². The van der Waals surface area contributed by atoms with Crippen LogP contribution in [-0.4, -0.2) is 60.1 Å². The van der Waals surface area contributed by atoms with Crippen molar-refractivity contribution in [1.29, 1.82) is 0 Å². The van der Waals surface area contributed by atoms with Crippen LogP contribution in [0.5, 0.6) is 0 Å². The second-order valence-electron chi connectivity index (χ2n) is 10.4. The highest BCUT2D eigenvalue weighted by Crippen LogP contribution is 2.79. The molecule has 1 amide bonds. The topological polar surface area (TPSA) is 93.2 Å². The van der Waals surface area contributed by atoms with Crippen molar-refractivity contribution in [3.8, 4) is 5.69 Å². The maximum absolute atomic E-state index is 13.3. The molecule has 1 saturated heterocycles. The first-order valence-corrected chi connectivity index (χ1v) is 11.8. The van der Waals surface area contributed by atoms with E-state index in [4.69, 9.17) is 0 Å². The van der Waals surface area contributed by atoms with Crippen LogP contribution in [0.3, 0.4) is 0 Å². The van der Waals surface area contributed by atoms with E-state index in [0.717, 1.165) is 0 Å². The lowest BCUT2D eigenvalue weighted by atomic mass is 9.34. The van der Waals surface area contributed by atoms with Gasteiger partial charge in [-0.25, -0.2) is 14.1 Å². The Hall–Kier alpha value is -3.28. The van der Waals surface area contributed by atoms with E-state index in [9.17, 15) is 32.3 Å². The highest BCUT2D eigenvalue weighted by atomic mass is 19.4. The molecule has 2 aromatic heterocycles. The summed E-state index contributed by atoms with van der Waals surface area (Å²) in [6.07, 6.45) is -2.32. The van der Waals surface area contributed by atoms with Gasteiger partial charge >= 0.3 is 6.18 Å². The number of hydrogen-bond acceptors (Lipinski definition) is 5. The molecular formula is C24H23F4N5O3. The third kappa shape index (κ3) is 3.30. The minimum Gasteiger partial charge on any atom is -0.393 e. The monoisotopic (exact) mass is 505 g/mol. The van der Waals surface area contributed by atoms with E-state index in [1.54, 1.807) is 4.90 Å². The summed E-state index contributed by atoms with van der Waals surface area (Å²) in [6.45, 7) is 0.269. The Morgan fingerprint density at radius 1 is 1.17 bits per heavy atom. The Labute approximate surface area is 202 Å². The molecule has 7 rings (SSSR count). The molecule has 190 valence electrons. The summed E-state index contributed by atoms with van der Waals surface area (Å²) in [7, 11) is 0. The molecule has 0 spiro atoms. The summed E-state index contributed by atoms with van der Waals surface area (Å²) in [6, 6.07) is 5.01. The van der Waals surface area contributed by atoms with E-state index in [2.05, 4.69) is 10.1 Å². The number of piperidine rings is 1. The first-order chi connectivity index (χ1) is 17.0. The number of fused-ring (bicyclic) bond motifs is 1. The van der Waals surface area contributed by atoms with Crippen LogP contribution in [0.15, 0.2) is 41.6 Å². The Balaban J connectivity index is 1.25. The summed E-state index contributed by atoms with van der Waals surface area (Å²) in [4.78, 5) is 32.4. The Kier molecular flexibility index (Phi) is 4.89. The van der Waals surface area contributed by atoms with Crippen molar-refractivity contribution in [3.05, 3.63) is 53.0 Å². The summed E-state index contributed by atoms with van der Waals surface area (Å²) < 4.78 is 55.9. The van der Waals surface area contributed by atoms with Crippen LogP contribution < -0.4 is 5.56 Å². The van der Waals surface area contributed by atoms with Crippen LogP contribution in [0.4, 0.5) is 17.6 Å². The zero-order valence-corrected chi connectivity index (χ0v) is 19.1. The lowest BCUT2D eigenvalue weighted by Crippen LogP contribution is -2.74. The number of alkyl halides is 3. The van der Waals surface area contributed by atoms with Gasteiger partial charge in [0.2, 0.25) is 5.91 Å². The van der Waals surface area contributed by atoms with E-state index in [-0.39, 0.29) is 55.7 Å². The fraction of sp³-hybridized carbons (Fsp3) is 0.500. The molecule has 1 N–H and O–H groups in total. The highest BCUT2D eigenvalue weighted by molar-refractivity contribution is 5.87. The number of benzene rings is 1. The van der Waals surface area contributed by atoms with Crippen molar-refractivity contribution in [3.63, 3.8) is 0 Å². The Morgan fingerprint density at radius 3 is 2.53 bits per heavy atom. The number of nitrogens with zero attached hydrogens (tertiary/aromatic N) is 5. The zero-order valence-electron chi connectivity index (χ0n) is 19.1. The number of carbonyl (C=O) groups is 1. The van der Waals surface area contributed by atoms with Crippen molar-refractivity contribution >= 4 is 16.9 Å². The third-order valence-electron chi connectivity index (χ3n) is 8.07. The number of likely N-dealkylation sites (tertiary alicyclic amines) is 1. The number of aromatic nitrogens is 4. The summed E-state index contributed by atoms with van der Waals surface area (Å²) in [5, 5.41) is 14.7. The number of carbonyl (C=O) groups excluding carboxylic acids is 1. The van der Waals surface area contributed by atoms with Crippen LogP contribution >= 0.6 is 0 Å². The maximum Gasteiger partial charge on any atom is 0.394 e. The van der Waals surface area contributed by atoms with Gasteiger partial charge in [-0.1, -0.05) is 0 Å². The predicted octanol–water partition coefficient (Wildman–Crippen LogP) is 2.81. The third-order valence-corrected chi connectivity index (χ3v) is 8.07. The number of aliphatic hydroxyl groups excluding tert-OH is 1. The normalized spacial score (nSPS) is 29.6. The van der Waals surface area contributed by atoms with Gasteiger partial charge in [-0.15, -0.1) is 0 Å². The van der Waals surface area contributed by atoms with Gasteiger partial charge in [-0.2, -0.15) is 18.3 Å². The first kappa shape index (κ1) is 23.1. The summed E-state index contributed by atoms with van der Waals surface area (Å²) in [5.74, 6) is -0.733. The number of amides is 1. The molecule has 0 radical (unpaired) electrons. The minimum atomic E-state index is -4.31. The van der Waals surface area contributed by atoms with Gasteiger partial charge in [0.05, 0.1) is 34.9 Å². The molecule has 3 saturated carbocycles. The average molecular weight is 505 g/mol. The largest absolute Gasteiger partial charge is 0.394 e. The fourth-order valence-corrected chi connectivity index (χ4v) is 6.17. The lowest BCUT2D eigenvalue weighted by Gasteiger charge is -2.70. The van der Waals surface area contributed by atoms with Crippen LogP contribution in [0.1, 0.15) is 32.1 Å². The molecule has 3 heterocycles.